The van der Waals surface area contributed by atoms with Crippen LogP contribution in [-0.4, -0.2) is 57.6 Å². The summed E-state index contributed by atoms with van der Waals surface area (Å²) in [5.74, 6) is -0.0267. The minimum atomic E-state index is -0.422. The lowest BCUT2D eigenvalue weighted by Gasteiger charge is -2.13. The third-order valence-corrected chi connectivity index (χ3v) is 6.15. The van der Waals surface area contributed by atoms with E-state index in [1.165, 1.54) is 17.3 Å². The summed E-state index contributed by atoms with van der Waals surface area (Å²) in [5.41, 5.74) is 3.68. The highest BCUT2D eigenvalue weighted by molar-refractivity contribution is 8.13. The Bertz CT molecular complexity index is 1160. The molecule has 0 aliphatic heterocycles. The van der Waals surface area contributed by atoms with Crippen LogP contribution in [0.1, 0.15) is 44.7 Å². The van der Waals surface area contributed by atoms with E-state index in [2.05, 4.69) is 41.3 Å². The van der Waals surface area contributed by atoms with Gasteiger partial charge in [0.15, 0.2) is 5.17 Å². The fourth-order valence-electron chi connectivity index (χ4n) is 3.47. The second-order valence-electron chi connectivity index (χ2n) is 8.47. The molecule has 3 rings (SSSR count). The van der Waals surface area contributed by atoms with Gasteiger partial charge >= 0.3 is 11.9 Å². The van der Waals surface area contributed by atoms with Gasteiger partial charge in [-0.05, 0) is 49.4 Å². The number of fused-ring (bicyclic) bond motifs is 1. The van der Waals surface area contributed by atoms with Crippen LogP contribution in [0.4, 0.5) is 0 Å². The van der Waals surface area contributed by atoms with Crippen molar-refractivity contribution in [3.05, 3.63) is 59.7 Å². The molecule has 3 aromatic rings. The maximum absolute atomic E-state index is 12.6. The number of para-hydroxylation sites is 1. The number of aromatic nitrogens is 3. The van der Waals surface area contributed by atoms with Crippen LogP contribution in [0.15, 0.2) is 53.5 Å². The van der Waals surface area contributed by atoms with Crippen molar-refractivity contribution in [3.63, 3.8) is 0 Å². The summed E-state index contributed by atoms with van der Waals surface area (Å²) in [5, 5.41) is 8.82. The van der Waals surface area contributed by atoms with Gasteiger partial charge in [-0.25, -0.2) is 4.99 Å². The lowest BCUT2D eigenvalue weighted by Crippen LogP contribution is -2.18. The third kappa shape index (κ3) is 7.65. The number of carbonyl (C=O) groups excluding carboxylic acids is 2. The first kappa shape index (κ1) is 26.4. The smallest absolute Gasteiger partial charge is 0.327 e. The Morgan fingerprint density at radius 3 is 2.51 bits per heavy atom. The number of hydrogen-bond acceptors (Lipinski definition) is 8. The highest BCUT2D eigenvalue weighted by Crippen LogP contribution is 2.20. The second kappa shape index (κ2) is 13.0. The molecule has 0 aliphatic carbocycles. The number of nitrogens with zero attached hydrogens (tertiary/aromatic N) is 4. The van der Waals surface area contributed by atoms with E-state index >= 15 is 0 Å². The second-order valence-corrected chi connectivity index (χ2v) is 9.53. The summed E-state index contributed by atoms with van der Waals surface area (Å²) < 4.78 is 12.1. The van der Waals surface area contributed by atoms with Gasteiger partial charge in [0.1, 0.15) is 18.7 Å². The molecule has 1 aromatic heterocycles. The Balaban J connectivity index is 1.59. The standard InChI is InChI=1S/C26H32N4O4S/c1-5-33-24(31)17-27-26(30-23-9-7-6-8-22(23)28-29-30)35-15-14-34-25(32)19(4)21-12-10-20(11-13-21)16-18(2)3/h6-13,18-19H,5,14-17H2,1-4H3. The van der Waals surface area contributed by atoms with E-state index in [0.717, 1.165) is 23.0 Å². The van der Waals surface area contributed by atoms with Crippen LogP contribution in [0.3, 0.4) is 0 Å². The molecule has 1 heterocycles. The van der Waals surface area contributed by atoms with Crippen molar-refractivity contribution in [2.75, 3.05) is 25.5 Å². The number of hydrogen-bond donors (Lipinski definition) is 0. The zero-order chi connectivity index (χ0) is 25.2. The first-order chi connectivity index (χ1) is 16.9. The predicted molar refractivity (Wildman–Crippen MR) is 139 cm³/mol. The average molecular weight is 497 g/mol. The molecule has 0 aliphatic rings. The van der Waals surface area contributed by atoms with Crippen LogP contribution in [0.5, 0.6) is 0 Å². The maximum atomic E-state index is 12.6. The Hall–Kier alpha value is -3.20. The highest BCUT2D eigenvalue weighted by Gasteiger charge is 2.18. The molecule has 1 atom stereocenters. The number of aliphatic imine (C=N–C) groups is 1. The van der Waals surface area contributed by atoms with Crippen molar-refractivity contribution in [2.45, 2.75) is 40.0 Å². The van der Waals surface area contributed by atoms with Crippen molar-refractivity contribution in [2.24, 2.45) is 10.9 Å². The Labute approximate surface area is 210 Å². The van der Waals surface area contributed by atoms with Crippen LogP contribution in [0.2, 0.25) is 0 Å². The van der Waals surface area contributed by atoms with Gasteiger partial charge in [-0.1, -0.05) is 67.2 Å². The molecule has 0 spiro atoms. The number of benzene rings is 2. The third-order valence-electron chi connectivity index (χ3n) is 5.22. The number of rotatable bonds is 10. The topological polar surface area (TPSA) is 95.7 Å². The molecule has 1 unspecified atom stereocenters. The van der Waals surface area contributed by atoms with Gasteiger partial charge in [0.2, 0.25) is 0 Å². The maximum Gasteiger partial charge on any atom is 0.327 e. The SMILES string of the molecule is CCOC(=O)CN=C(SCCOC(=O)C(C)c1ccc(CC(C)C)cc1)n1nnc2ccccc21. The Morgan fingerprint density at radius 1 is 1.06 bits per heavy atom. The first-order valence-electron chi connectivity index (χ1n) is 11.8. The molecule has 2 aromatic carbocycles. The summed E-state index contributed by atoms with van der Waals surface area (Å²) in [6.45, 7) is 8.32. The van der Waals surface area contributed by atoms with Gasteiger partial charge < -0.3 is 9.47 Å². The van der Waals surface area contributed by atoms with E-state index in [4.69, 9.17) is 9.47 Å². The van der Waals surface area contributed by atoms with Gasteiger partial charge in [-0.2, -0.15) is 4.68 Å². The molecule has 0 fully saturated rings. The van der Waals surface area contributed by atoms with Crippen molar-refractivity contribution in [1.29, 1.82) is 0 Å². The largest absolute Gasteiger partial charge is 0.465 e. The van der Waals surface area contributed by atoms with E-state index < -0.39 is 5.97 Å². The van der Waals surface area contributed by atoms with Gasteiger partial charge in [0, 0.05) is 5.75 Å². The zero-order valence-electron chi connectivity index (χ0n) is 20.6. The van der Waals surface area contributed by atoms with Crippen molar-refractivity contribution >= 4 is 39.9 Å². The average Bonchev–Trinajstić information content (AvgIpc) is 3.27. The predicted octanol–water partition coefficient (Wildman–Crippen LogP) is 4.48. The number of carbonyl (C=O) groups is 2. The molecule has 35 heavy (non-hydrogen) atoms. The number of ether oxygens (including phenoxy) is 2. The molecule has 0 amide bonds. The van der Waals surface area contributed by atoms with Crippen LogP contribution >= 0.6 is 11.8 Å². The van der Waals surface area contributed by atoms with Crippen LogP contribution in [-0.2, 0) is 25.5 Å². The molecular formula is C26H32N4O4S. The molecule has 0 radical (unpaired) electrons. The zero-order valence-corrected chi connectivity index (χ0v) is 21.5. The fraction of sp³-hybridized carbons (Fsp3) is 0.423. The van der Waals surface area contributed by atoms with Gasteiger partial charge in [0.05, 0.1) is 18.0 Å². The minimum Gasteiger partial charge on any atom is -0.465 e. The normalized spacial score (nSPS) is 12.7. The van der Waals surface area contributed by atoms with Gasteiger partial charge in [0.25, 0.3) is 0 Å². The quantitative estimate of drug-likeness (QED) is 0.177. The lowest BCUT2D eigenvalue weighted by molar-refractivity contribution is -0.144. The fourth-order valence-corrected chi connectivity index (χ4v) is 4.24. The van der Waals surface area contributed by atoms with E-state index in [-0.39, 0.29) is 31.6 Å². The van der Waals surface area contributed by atoms with Gasteiger partial charge in [-0.15, -0.1) is 5.10 Å². The molecule has 0 saturated carbocycles. The summed E-state index contributed by atoms with van der Waals surface area (Å²) in [6.07, 6.45) is 1.01. The molecule has 0 saturated heterocycles. The van der Waals surface area contributed by atoms with Crippen LogP contribution in [0, 0.1) is 5.92 Å². The Kier molecular flexibility index (Phi) is 9.84. The lowest BCUT2D eigenvalue weighted by atomic mass is 9.97. The summed E-state index contributed by atoms with van der Waals surface area (Å²) in [4.78, 5) is 28.8. The summed E-state index contributed by atoms with van der Waals surface area (Å²) in [7, 11) is 0. The monoisotopic (exact) mass is 496 g/mol. The number of thioether (sulfide) groups is 1. The molecule has 0 bridgehead atoms. The number of esters is 2. The highest BCUT2D eigenvalue weighted by atomic mass is 32.2. The van der Waals surface area contributed by atoms with Crippen LogP contribution in [0.25, 0.3) is 11.0 Å². The molecule has 0 N–H and O–H groups in total. The van der Waals surface area contributed by atoms with Crippen molar-refractivity contribution in [1.82, 2.24) is 15.0 Å². The summed E-state index contributed by atoms with van der Waals surface area (Å²) in [6, 6.07) is 15.6. The molecule has 186 valence electrons. The van der Waals surface area contributed by atoms with Crippen molar-refractivity contribution < 1.29 is 19.1 Å². The van der Waals surface area contributed by atoms with Gasteiger partial charge in [-0.3, -0.25) is 9.59 Å². The van der Waals surface area contributed by atoms with E-state index in [1.807, 2.05) is 43.3 Å². The summed E-state index contributed by atoms with van der Waals surface area (Å²) >= 11 is 1.34. The van der Waals surface area contributed by atoms with E-state index in [9.17, 15) is 9.59 Å². The van der Waals surface area contributed by atoms with Crippen LogP contribution < -0.4 is 0 Å². The van der Waals surface area contributed by atoms with E-state index in [0.29, 0.717) is 16.8 Å². The van der Waals surface area contributed by atoms with E-state index in [1.54, 1.807) is 11.6 Å². The Morgan fingerprint density at radius 2 is 1.80 bits per heavy atom. The first-order valence-corrected chi connectivity index (χ1v) is 12.8. The van der Waals surface area contributed by atoms with Crippen molar-refractivity contribution in [3.8, 4) is 0 Å². The minimum absolute atomic E-state index is 0.131. The molecule has 9 heteroatoms. The molecular weight excluding hydrogens is 464 g/mol. The molecule has 8 nitrogen and oxygen atoms in total.